The van der Waals surface area contributed by atoms with E-state index in [4.69, 9.17) is 5.10 Å². The van der Waals surface area contributed by atoms with E-state index in [0.29, 0.717) is 36.8 Å². The van der Waals surface area contributed by atoms with E-state index < -0.39 is 0 Å². The minimum Gasteiger partial charge on any atom is -0.335 e. The first-order chi connectivity index (χ1) is 16.5. The predicted octanol–water partition coefficient (Wildman–Crippen LogP) is 3.75. The van der Waals surface area contributed by atoms with Gasteiger partial charge in [0.1, 0.15) is 17.3 Å². The maximum Gasteiger partial charge on any atom is 0.231 e. The van der Waals surface area contributed by atoms with E-state index in [1.807, 2.05) is 16.1 Å². The summed E-state index contributed by atoms with van der Waals surface area (Å²) in [5.74, 6) is -0.145. The van der Waals surface area contributed by atoms with Gasteiger partial charge in [-0.25, -0.2) is 14.4 Å². The molecule has 3 aromatic heterocycles. The minimum atomic E-state index is -0.328. The van der Waals surface area contributed by atoms with Crippen molar-refractivity contribution in [1.29, 1.82) is 0 Å². The van der Waals surface area contributed by atoms with Crippen LogP contribution in [-0.4, -0.2) is 43.0 Å². The van der Waals surface area contributed by atoms with Gasteiger partial charge in [-0.1, -0.05) is 0 Å². The SMILES string of the molecule is CC(=O)N1CCn2nc(-c3ccc(F)cc3)c(-c3ccnc(NC(=O)Cc4cscn4)c3)c2C1. The number of rotatable bonds is 5. The third-order valence-electron chi connectivity index (χ3n) is 5.68. The summed E-state index contributed by atoms with van der Waals surface area (Å²) in [6.07, 6.45) is 1.78. The molecule has 1 aliphatic heterocycles. The van der Waals surface area contributed by atoms with E-state index in [-0.39, 0.29) is 24.1 Å². The molecule has 10 heteroatoms. The van der Waals surface area contributed by atoms with E-state index in [1.165, 1.54) is 23.5 Å². The fourth-order valence-corrected chi connectivity index (χ4v) is 4.59. The molecule has 1 aliphatic rings. The lowest BCUT2D eigenvalue weighted by Crippen LogP contribution is -2.37. The van der Waals surface area contributed by atoms with E-state index in [0.717, 1.165) is 22.4 Å². The molecule has 8 nitrogen and oxygen atoms in total. The molecule has 2 amide bonds. The number of halogens is 1. The van der Waals surface area contributed by atoms with Crippen LogP contribution >= 0.6 is 11.3 Å². The normalized spacial score (nSPS) is 12.9. The molecule has 172 valence electrons. The van der Waals surface area contributed by atoms with E-state index in [9.17, 15) is 14.0 Å². The average Bonchev–Trinajstić information content (AvgIpc) is 3.46. The number of benzene rings is 1. The van der Waals surface area contributed by atoms with Crippen LogP contribution in [0.15, 0.2) is 53.5 Å². The van der Waals surface area contributed by atoms with Gasteiger partial charge in [-0.05, 0) is 42.0 Å². The summed E-state index contributed by atoms with van der Waals surface area (Å²) in [6.45, 7) is 3.09. The zero-order chi connectivity index (χ0) is 23.7. The Morgan fingerprint density at radius 2 is 1.94 bits per heavy atom. The molecule has 0 spiro atoms. The standard InChI is InChI=1S/C24H21FN6O2S/c1-15(32)30-8-9-31-20(12-30)23(24(29-31)16-2-4-18(25)5-3-16)17-6-7-26-21(10-17)28-22(33)11-19-13-34-14-27-19/h2-7,10,13-14H,8-9,11-12H2,1H3,(H,26,28,33). The molecule has 0 fully saturated rings. The van der Waals surface area contributed by atoms with Crippen LogP contribution in [0.3, 0.4) is 0 Å². The van der Waals surface area contributed by atoms with Crippen LogP contribution in [0, 0.1) is 5.82 Å². The molecule has 0 saturated heterocycles. The van der Waals surface area contributed by atoms with Crippen molar-refractivity contribution in [2.45, 2.75) is 26.4 Å². The highest BCUT2D eigenvalue weighted by atomic mass is 32.1. The summed E-state index contributed by atoms with van der Waals surface area (Å²) in [6, 6.07) is 9.80. The van der Waals surface area contributed by atoms with Crippen molar-refractivity contribution >= 4 is 29.0 Å². The van der Waals surface area contributed by atoms with Crippen molar-refractivity contribution in [3.63, 3.8) is 0 Å². The molecule has 0 radical (unpaired) electrons. The summed E-state index contributed by atoms with van der Waals surface area (Å²) >= 11 is 1.44. The van der Waals surface area contributed by atoms with Crippen LogP contribution in [0.25, 0.3) is 22.4 Å². The lowest BCUT2D eigenvalue weighted by molar-refractivity contribution is -0.130. The number of thiazole rings is 1. The summed E-state index contributed by atoms with van der Waals surface area (Å²) in [5, 5.41) is 9.46. The van der Waals surface area contributed by atoms with Crippen molar-refractivity contribution in [1.82, 2.24) is 24.6 Å². The Bertz CT molecular complexity index is 1350. The predicted molar refractivity (Wildman–Crippen MR) is 126 cm³/mol. The molecule has 0 bridgehead atoms. The number of nitrogens with one attached hydrogen (secondary N) is 1. The third-order valence-corrected chi connectivity index (χ3v) is 6.32. The summed E-state index contributed by atoms with van der Waals surface area (Å²) in [7, 11) is 0. The Balaban J connectivity index is 1.54. The van der Waals surface area contributed by atoms with E-state index in [1.54, 1.807) is 41.7 Å². The number of carbonyl (C=O) groups is 2. The maximum absolute atomic E-state index is 13.6. The molecular weight excluding hydrogens is 455 g/mol. The molecule has 34 heavy (non-hydrogen) atoms. The van der Waals surface area contributed by atoms with Crippen LogP contribution in [0.1, 0.15) is 18.3 Å². The number of nitrogens with zero attached hydrogens (tertiary/aromatic N) is 5. The second-order valence-electron chi connectivity index (χ2n) is 7.98. The van der Waals surface area contributed by atoms with Crippen molar-refractivity contribution in [3.8, 4) is 22.4 Å². The molecule has 5 rings (SSSR count). The number of pyridine rings is 1. The second-order valence-corrected chi connectivity index (χ2v) is 8.69. The van der Waals surface area contributed by atoms with Gasteiger partial charge in [0.2, 0.25) is 11.8 Å². The van der Waals surface area contributed by atoms with Crippen LogP contribution in [-0.2, 0) is 29.1 Å². The summed E-state index contributed by atoms with van der Waals surface area (Å²) < 4.78 is 15.5. The number of amides is 2. The van der Waals surface area contributed by atoms with Crippen molar-refractivity contribution in [3.05, 3.63) is 70.7 Å². The number of hydrogen-bond acceptors (Lipinski definition) is 6. The summed E-state index contributed by atoms with van der Waals surface area (Å²) in [5.41, 5.74) is 6.34. The Morgan fingerprint density at radius 3 is 2.68 bits per heavy atom. The van der Waals surface area contributed by atoms with Gasteiger partial charge < -0.3 is 10.2 Å². The van der Waals surface area contributed by atoms with Crippen molar-refractivity contribution in [2.24, 2.45) is 0 Å². The van der Waals surface area contributed by atoms with Gasteiger partial charge in [0.25, 0.3) is 0 Å². The molecule has 4 aromatic rings. The van der Waals surface area contributed by atoms with Crippen molar-refractivity contribution < 1.29 is 14.0 Å². The molecule has 0 saturated carbocycles. The lowest BCUT2D eigenvalue weighted by atomic mass is 9.98. The van der Waals surface area contributed by atoms with Crippen LogP contribution in [0.5, 0.6) is 0 Å². The van der Waals surface area contributed by atoms with Crippen molar-refractivity contribution in [2.75, 3.05) is 11.9 Å². The van der Waals surface area contributed by atoms with Gasteiger partial charge >= 0.3 is 0 Å². The van der Waals surface area contributed by atoms with E-state index >= 15 is 0 Å². The Morgan fingerprint density at radius 1 is 1.12 bits per heavy atom. The topological polar surface area (TPSA) is 93.0 Å². The Hall–Kier alpha value is -3.92. The second kappa shape index (κ2) is 9.14. The fourth-order valence-electron chi connectivity index (χ4n) is 4.03. The average molecular weight is 477 g/mol. The molecule has 0 aliphatic carbocycles. The first-order valence-corrected chi connectivity index (χ1v) is 11.7. The zero-order valence-corrected chi connectivity index (χ0v) is 19.2. The highest BCUT2D eigenvalue weighted by Gasteiger charge is 2.27. The number of fused-ring (bicyclic) bond motifs is 1. The first kappa shape index (κ1) is 21.9. The maximum atomic E-state index is 13.6. The number of hydrogen-bond donors (Lipinski definition) is 1. The monoisotopic (exact) mass is 476 g/mol. The first-order valence-electron chi connectivity index (χ1n) is 10.7. The van der Waals surface area contributed by atoms with Crippen LogP contribution < -0.4 is 5.32 Å². The van der Waals surface area contributed by atoms with Gasteiger partial charge in [0, 0.05) is 36.2 Å². The Labute approximate surface area is 199 Å². The zero-order valence-electron chi connectivity index (χ0n) is 18.4. The van der Waals surface area contributed by atoms with Gasteiger partial charge in [0.15, 0.2) is 0 Å². The third kappa shape index (κ3) is 4.44. The van der Waals surface area contributed by atoms with Crippen LogP contribution in [0.2, 0.25) is 0 Å². The largest absolute Gasteiger partial charge is 0.335 e. The smallest absolute Gasteiger partial charge is 0.231 e. The quantitative estimate of drug-likeness (QED) is 0.474. The van der Waals surface area contributed by atoms with Gasteiger partial charge in [-0.3, -0.25) is 14.3 Å². The van der Waals surface area contributed by atoms with Gasteiger partial charge in [-0.2, -0.15) is 5.10 Å². The lowest BCUT2D eigenvalue weighted by Gasteiger charge is -2.27. The van der Waals surface area contributed by atoms with Gasteiger partial charge in [0.05, 0.1) is 36.4 Å². The highest BCUT2D eigenvalue weighted by molar-refractivity contribution is 7.07. The van der Waals surface area contributed by atoms with E-state index in [2.05, 4.69) is 15.3 Å². The molecular formula is C24H21FN6O2S. The molecule has 1 aromatic carbocycles. The summed E-state index contributed by atoms with van der Waals surface area (Å²) in [4.78, 5) is 34.7. The fraction of sp³-hybridized carbons (Fsp3) is 0.208. The number of aromatic nitrogens is 4. The Kier molecular flexibility index (Phi) is 5.89. The highest BCUT2D eigenvalue weighted by Crippen LogP contribution is 2.37. The van der Waals surface area contributed by atoms with Crippen LogP contribution in [0.4, 0.5) is 10.2 Å². The number of carbonyl (C=O) groups excluding carboxylic acids is 2. The minimum absolute atomic E-state index is 0.00791. The molecule has 4 heterocycles. The molecule has 1 N–H and O–H groups in total. The molecule has 0 atom stereocenters. The number of anilines is 1. The molecule has 0 unspecified atom stereocenters. The van der Waals surface area contributed by atoms with Gasteiger partial charge in [-0.15, -0.1) is 11.3 Å².